The Morgan fingerprint density at radius 2 is 1.79 bits per heavy atom. The Balaban J connectivity index is 0.000000163. The van der Waals surface area contributed by atoms with Gasteiger partial charge in [0.05, 0.1) is 0 Å². The zero-order chi connectivity index (χ0) is 13.7. The van der Waals surface area contributed by atoms with Crippen molar-refractivity contribution in [3.05, 3.63) is 59.7 Å². The summed E-state index contributed by atoms with van der Waals surface area (Å²) in [5, 5.41) is 11.5. The van der Waals surface area contributed by atoms with Crippen molar-refractivity contribution in [1.82, 2.24) is 0 Å². The number of fused-ring (bicyclic) bond motifs is 1. The van der Waals surface area contributed by atoms with Crippen LogP contribution >= 0.6 is 0 Å². The molecular formula is C16H17NO2. The standard InChI is InChI=1S/C10H11NO.C6H6O/c1-7-2-4-9-8(6-7)3-5-10(12)11-9;7-6-4-2-1-3-5-6/h2,4,6H,3,5H2,1H3,(H,11,12);1-5,7H. The van der Waals surface area contributed by atoms with Crippen molar-refractivity contribution in [2.24, 2.45) is 0 Å². The number of para-hydroxylation sites is 1. The minimum absolute atomic E-state index is 0.131. The van der Waals surface area contributed by atoms with Crippen molar-refractivity contribution in [3.63, 3.8) is 0 Å². The van der Waals surface area contributed by atoms with Crippen LogP contribution in [-0.4, -0.2) is 11.0 Å². The van der Waals surface area contributed by atoms with Crippen molar-refractivity contribution in [2.75, 3.05) is 5.32 Å². The molecule has 0 aliphatic carbocycles. The number of phenols is 1. The van der Waals surface area contributed by atoms with Crippen molar-refractivity contribution in [3.8, 4) is 5.75 Å². The molecule has 0 radical (unpaired) electrons. The van der Waals surface area contributed by atoms with Gasteiger partial charge in [-0.25, -0.2) is 0 Å². The molecule has 3 rings (SSSR count). The second-order valence-electron chi connectivity index (χ2n) is 4.54. The number of hydrogen-bond donors (Lipinski definition) is 2. The molecule has 1 heterocycles. The number of phenolic OH excluding ortho intramolecular Hbond substituents is 1. The molecule has 0 spiro atoms. The molecule has 19 heavy (non-hydrogen) atoms. The Bertz CT molecular complexity index is 564. The monoisotopic (exact) mass is 255 g/mol. The summed E-state index contributed by atoms with van der Waals surface area (Å²) in [5.74, 6) is 0.453. The highest BCUT2D eigenvalue weighted by Crippen LogP contribution is 2.22. The number of carbonyl (C=O) groups is 1. The Labute approximate surface area is 112 Å². The summed E-state index contributed by atoms with van der Waals surface area (Å²) < 4.78 is 0. The van der Waals surface area contributed by atoms with Crippen LogP contribution < -0.4 is 5.32 Å². The molecule has 2 N–H and O–H groups in total. The topological polar surface area (TPSA) is 49.3 Å². The third-order valence-corrected chi connectivity index (χ3v) is 2.91. The predicted molar refractivity (Wildman–Crippen MR) is 76.2 cm³/mol. The first-order valence-electron chi connectivity index (χ1n) is 6.28. The van der Waals surface area contributed by atoms with E-state index in [4.69, 9.17) is 5.11 Å². The number of hydrogen-bond acceptors (Lipinski definition) is 2. The van der Waals surface area contributed by atoms with Gasteiger partial charge in [0.15, 0.2) is 0 Å². The van der Waals surface area contributed by atoms with Gasteiger partial charge in [0, 0.05) is 12.1 Å². The van der Waals surface area contributed by atoms with Crippen LogP contribution in [0, 0.1) is 6.92 Å². The summed E-state index contributed by atoms with van der Waals surface area (Å²) in [5.41, 5.74) is 3.50. The highest BCUT2D eigenvalue weighted by atomic mass is 16.3. The average molecular weight is 255 g/mol. The summed E-state index contributed by atoms with van der Waals surface area (Å²) in [6, 6.07) is 14.8. The van der Waals surface area contributed by atoms with Gasteiger partial charge in [0.25, 0.3) is 0 Å². The van der Waals surface area contributed by atoms with Gasteiger partial charge in [0.2, 0.25) is 5.91 Å². The second-order valence-corrected chi connectivity index (χ2v) is 4.54. The maximum atomic E-state index is 11.0. The zero-order valence-corrected chi connectivity index (χ0v) is 10.9. The molecule has 0 aromatic heterocycles. The van der Waals surface area contributed by atoms with Gasteiger partial charge in [-0.2, -0.15) is 0 Å². The van der Waals surface area contributed by atoms with Crippen molar-refractivity contribution in [1.29, 1.82) is 0 Å². The van der Waals surface area contributed by atoms with Crippen LogP contribution in [0.5, 0.6) is 5.75 Å². The van der Waals surface area contributed by atoms with Crippen molar-refractivity contribution >= 4 is 11.6 Å². The SMILES string of the molecule is Cc1ccc2c(c1)CCC(=O)N2.Oc1ccccc1. The van der Waals surface area contributed by atoms with E-state index in [-0.39, 0.29) is 5.91 Å². The van der Waals surface area contributed by atoms with Gasteiger partial charge in [-0.05, 0) is 37.1 Å². The Morgan fingerprint density at radius 3 is 2.42 bits per heavy atom. The molecule has 2 aromatic rings. The highest BCUT2D eigenvalue weighted by molar-refractivity contribution is 5.93. The Kier molecular flexibility index (Phi) is 4.18. The van der Waals surface area contributed by atoms with E-state index < -0.39 is 0 Å². The first kappa shape index (κ1) is 13.1. The summed E-state index contributed by atoms with van der Waals surface area (Å²) in [6.45, 7) is 2.07. The number of anilines is 1. The van der Waals surface area contributed by atoms with Crippen molar-refractivity contribution in [2.45, 2.75) is 19.8 Å². The second kappa shape index (κ2) is 6.05. The van der Waals surface area contributed by atoms with Gasteiger partial charge in [-0.15, -0.1) is 0 Å². The lowest BCUT2D eigenvalue weighted by Crippen LogP contribution is -2.18. The molecule has 0 atom stereocenters. The number of carbonyl (C=O) groups excluding carboxylic acids is 1. The molecule has 1 aliphatic heterocycles. The lowest BCUT2D eigenvalue weighted by Gasteiger charge is -2.16. The number of nitrogens with one attached hydrogen (secondary N) is 1. The minimum Gasteiger partial charge on any atom is -0.508 e. The number of rotatable bonds is 0. The molecule has 3 nitrogen and oxygen atoms in total. The lowest BCUT2D eigenvalue weighted by atomic mass is 10.0. The van der Waals surface area contributed by atoms with Crippen LogP contribution in [-0.2, 0) is 11.2 Å². The largest absolute Gasteiger partial charge is 0.508 e. The van der Waals surface area contributed by atoms with E-state index in [0.29, 0.717) is 12.2 Å². The predicted octanol–water partition coefficient (Wildman–Crippen LogP) is 3.27. The lowest BCUT2D eigenvalue weighted by molar-refractivity contribution is -0.116. The first-order valence-corrected chi connectivity index (χ1v) is 6.28. The normalized spacial score (nSPS) is 12.8. The van der Waals surface area contributed by atoms with Crippen LogP contribution in [0.4, 0.5) is 5.69 Å². The fourth-order valence-corrected chi connectivity index (χ4v) is 1.94. The van der Waals surface area contributed by atoms with Gasteiger partial charge in [0.1, 0.15) is 5.75 Å². The number of benzene rings is 2. The third-order valence-electron chi connectivity index (χ3n) is 2.91. The van der Waals surface area contributed by atoms with E-state index in [2.05, 4.69) is 18.3 Å². The zero-order valence-electron chi connectivity index (χ0n) is 10.9. The molecule has 3 heteroatoms. The molecule has 0 fully saturated rings. The molecule has 0 saturated heterocycles. The van der Waals surface area contributed by atoms with E-state index in [1.807, 2.05) is 18.2 Å². The molecular weight excluding hydrogens is 238 g/mol. The van der Waals surface area contributed by atoms with Gasteiger partial charge in [-0.1, -0.05) is 35.9 Å². The Hall–Kier alpha value is -2.29. The van der Waals surface area contributed by atoms with E-state index in [0.717, 1.165) is 12.1 Å². The summed E-state index contributed by atoms with van der Waals surface area (Å²) in [4.78, 5) is 11.0. The van der Waals surface area contributed by atoms with Gasteiger partial charge in [-0.3, -0.25) is 4.79 Å². The highest BCUT2D eigenvalue weighted by Gasteiger charge is 2.13. The maximum Gasteiger partial charge on any atom is 0.224 e. The number of aryl methyl sites for hydroxylation is 2. The fraction of sp³-hybridized carbons (Fsp3) is 0.188. The smallest absolute Gasteiger partial charge is 0.224 e. The van der Waals surface area contributed by atoms with E-state index in [1.165, 1.54) is 11.1 Å². The van der Waals surface area contributed by atoms with E-state index in [1.54, 1.807) is 24.3 Å². The van der Waals surface area contributed by atoms with Crippen LogP contribution in [0.1, 0.15) is 17.5 Å². The van der Waals surface area contributed by atoms with Crippen LogP contribution in [0.2, 0.25) is 0 Å². The number of amides is 1. The molecule has 2 aromatic carbocycles. The minimum atomic E-state index is 0.131. The maximum absolute atomic E-state index is 11.0. The first-order chi connectivity index (χ1) is 9.15. The Morgan fingerprint density at radius 1 is 1.05 bits per heavy atom. The van der Waals surface area contributed by atoms with Crippen LogP contribution in [0.15, 0.2) is 48.5 Å². The molecule has 1 amide bonds. The summed E-state index contributed by atoms with van der Waals surface area (Å²) >= 11 is 0. The van der Waals surface area contributed by atoms with Crippen LogP contribution in [0.25, 0.3) is 0 Å². The summed E-state index contributed by atoms with van der Waals surface area (Å²) in [7, 11) is 0. The van der Waals surface area contributed by atoms with Gasteiger partial charge >= 0.3 is 0 Å². The number of aromatic hydroxyl groups is 1. The average Bonchev–Trinajstić information content (AvgIpc) is 2.41. The molecule has 0 bridgehead atoms. The van der Waals surface area contributed by atoms with E-state index in [9.17, 15) is 4.79 Å². The van der Waals surface area contributed by atoms with Crippen molar-refractivity contribution < 1.29 is 9.90 Å². The summed E-state index contributed by atoms with van der Waals surface area (Å²) in [6.07, 6.45) is 1.50. The fourth-order valence-electron chi connectivity index (χ4n) is 1.94. The quantitative estimate of drug-likeness (QED) is 0.759. The van der Waals surface area contributed by atoms with Gasteiger partial charge < -0.3 is 10.4 Å². The van der Waals surface area contributed by atoms with Crippen LogP contribution in [0.3, 0.4) is 0 Å². The molecule has 1 aliphatic rings. The third kappa shape index (κ3) is 3.85. The van der Waals surface area contributed by atoms with E-state index >= 15 is 0 Å². The molecule has 98 valence electrons. The molecule has 0 unspecified atom stereocenters. The molecule has 0 saturated carbocycles.